The number of hydrogen-bond acceptors (Lipinski definition) is 7. The minimum Gasteiger partial charge on any atom is -0.493 e. The molecule has 0 spiro atoms. The highest BCUT2D eigenvalue weighted by Crippen LogP contribution is 2.38. The third-order valence-corrected chi connectivity index (χ3v) is 5.40. The fraction of sp³-hybridized carbons (Fsp3) is 0.346. The van der Waals surface area contributed by atoms with Gasteiger partial charge in [0.1, 0.15) is 0 Å². The molecule has 0 saturated heterocycles. The number of aryl methyl sites for hydroxylation is 1. The molecule has 9 nitrogen and oxygen atoms in total. The van der Waals surface area contributed by atoms with E-state index in [-0.39, 0.29) is 24.1 Å². The molecule has 0 atom stereocenters. The zero-order valence-corrected chi connectivity index (χ0v) is 20.7. The summed E-state index contributed by atoms with van der Waals surface area (Å²) >= 11 is 0. The van der Waals surface area contributed by atoms with Crippen LogP contribution in [0.25, 0.3) is 0 Å². The predicted molar refractivity (Wildman–Crippen MR) is 130 cm³/mol. The topological polar surface area (TPSA) is 103 Å². The molecule has 186 valence electrons. The van der Waals surface area contributed by atoms with Gasteiger partial charge in [-0.25, -0.2) is 0 Å². The summed E-state index contributed by atoms with van der Waals surface area (Å²) in [5.41, 5.74) is 2.67. The van der Waals surface area contributed by atoms with Crippen molar-refractivity contribution in [1.29, 1.82) is 0 Å². The second kappa shape index (κ2) is 11.9. The van der Waals surface area contributed by atoms with Crippen LogP contribution in [0, 0.1) is 6.92 Å². The zero-order valence-electron chi connectivity index (χ0n) is 20.7. The Balaban J connectivity index is 1.72. The summed E-state index contributed by atoms with van der Waals surface area (Å²) in [4.78, 5) is 27.5. The molecule has 9 heteroatoms. The van der Waals surface area contributed by atoms with E-state index in [9.17, 15) is 9.59 Å². The Bertz CT molecular complexity index is 1130. The number of nitrogens with one attached hydrogen (secondary N) is 1. The SMILES string of the molecule is CCCN(Cc1cc(C(=O)NCc2ccc(C)cc2)no1)C(=O)c1cc(OC)c(OC)c(OC)c1. The maximum absolute atomic E-state index is 13.3. The highest BCUT2D eigenvalue weighted by molar-refractivity contribution is 5.96. The van der Waals surface area contributed by atoms with Gasteiger partial charge in [0.05, 0.1) is 27.9 Å². The third kappa shape index (κ3) is 6.32. The number of benzene rings is 2. The Morgan fingerprint density at radius 2 is 1.66 bits per heavy atom. The first kappa shape index (κ1) is 25.6. The largest absolute Gasteiger partial charge is 0.493 e. The number of carbonyl (C=O) groups excluding carboxylic acids is 2. The van der Waals surface area contributed by atoms with E-state index in [4.69, 9.17) is 18.7 Å². The van der Waals surface area contributed by atoms with Crippen LogP contribution in [0.4, 0.5) is 0 Å². The second-order valence-corrected chi connectivity index (χ2v) is 7.99. The van der Waals surface area contributed by atoms with Gasteiger partial charge in [-0.15, -0.1) is 0 Å². The Labute approximate surface area is 204 Å². The Hall–Kier alpha value is -4.01. The average Bonchev–Trinajstić information content (AvgIpc) is 3.35. The van der Waals surface area contributed by atoms with Crippen molar-refractivity contribution in [1.82, 2.24) is 15.4 Å². The molecule has 0 fully saturated rings. The molecule has 1 N–H and O–H groups in total. The van der Waals surface area contributed by atoms with E-state index in [1.54, 1.807) is 23.1 Å². The number of methoxy groups -OCH3 is 3. The fourth-order valence-corrected chi connectivity index (χ4v) is 3.57. The van der Waals surface area contributed by atoms with E-state index in [2.05, 4.69) is 10.5 Å². The third-order valence-electron chi connectivity index (χ3n) is 5.40. The van der Waals surface area contributed by atoms with Crippen molar-refractivity contribution in [2.75, 3.05) is 27.9 Å². The Morgan fingerprint density at radius 3 is 2.23 bits per heavy atom. The summed E-state index contributed by atoms with van der Waals surface area (Å²) < 4.78 is 21.4. The molecule has 0 bridgehead atoms. The molecule has 1 heterocycles. The van der Waals surface area contributed by atoms with Gasteiger partial charge in [-0.3, -0.25) is 9.59 Å². The summed E-state index contributed by atoms with van der Waals surface area (Å²) in [7, 11) is 4.49. The Morgan fingerprint density at radius 1 is 1.00 bits per heavy atom. The van der Waals surface area contributed by atoms with Crippen LogP contribution in [0.15, 0.2) is 47.0 Å². The lowest BCUT2D eigenvalue weighted by atomic mass is 10.1. The second-order valence-electron chi connectivity index (χ2n) is 7.99. The minimum absolute atomic E-state index is 0.154. The lowest BCUT2D eigenvalue weighted by molar-refractivity contribution is 0.0726. The molecule has 2 amide bonds. The maximum Gasteiger partial charge on any atom is 0.273 e. The Kier molecular flexibility index (Phi) is 8.72. The number of ether oxygens (including phenoxy) is 3. The van der Waals surface area contributed by atoms with E-state index in [0.29, 0.717) is 41.7 Å². The summed E-state index contributed by atoms with van der Waals surface area (Å²) in [5, 5.41) is 6.71. The van der Waals surface area contributed by atoms with Crippen LogP contribution >= 0.6 is 0 Å². The van der Waals surface area contributed by atoms with Gasteiger partial charge in [0, 0.05) is 24.7 Å². The van der Waals surface area contributed by atoms with Gasteiger partial charge >= 0.3 is 0 Å². The fourth-order valence-electron chi connectivity index (χ4n) is 3.57. The van der Waals surface area contributed by atoms with E-state index >= 15 is 0 Å². The lowest BCUT2D eigenvalue weighted by Crippen LogP contribution is -2.31. The smallest absolute Gasteiger partial charge is 0.273 e. The first-order chi connectivity index (χ1) is 16.9. The first-order valence-electron chi connectivity index (χ1n) is 11.3. The number of nitrogens with zero attached hydrogens (tertiary/aromatic N) is 2. The molecule has 0 unspecified atom stereocenters. The molecule has 3 aromatic rings. The standard InChI is InChI=1S/C26H31N3O6/c1-6-11-29(26(31)19-12-22(32-3)24(34-5)23(13-19)33-4)16-20-14-21(28-35-20)25(30)27-15-18-9-7-17(2)8-10-18/h7-10,12-14H,6,11,15-16H2,1-5H3,(H,27,30). The number of amides is 2. The monoisotopic (exact) mass is 481 g/mol. The highest BCUT2D eigenvalue weighted by Gasteiger charge is 2.23. The normalized spacial score (nSPS) is 10.5. The molecule has 0 radical (unpaired) electrons. The van der Waals surface area contributed by atoms with Crippen molar-refractivity contribution < 1.29 is 28.3 Å². The molecule has 1 aromatic heterocycles. The number of hydrogen-bond donors (Lipinski definition) is 1. The summed E-state index contributed by atoms with van der Waals surface area (Å²) in [5.74, 6) is 0.994. The van der Waals surface area contributed by atoms with Crippen LogP contribution in [0.3, 0.4) is 0 Å². The molecular formula is C26H31N3O6. The van der Waals surface area contributed by atoms with Gasteiger partial charge in [-0.2, -0.15) is 0 Å². The predicted octanol–water partition coefficient (Wildman–Crippen LogP) is 3.99. The number of carbonyl (C=O) groups is 2. The molecular weight excluding hydrogens is 450 g/mol. The van der Waals surface area contributed by atoms with Crippen molar-refractivity contribution in [2.45, 2.75) is 33.4 Å². The van der Waals surface area contributed by atoms with E-state index in [1.165, 1.54) is 21.3 Å². The van der Waals surface area contributed by atoms with Crippen LogP contribution < -0.4 is 19.5 Å². The van der Waals surface area contributed by atoms with Crippen molar-refractivity contribution >= 4 is 11.8 Å². The van der Waals surface area contributed by atoms with Crippen molar-refractivity contribution in [3.05, 3.63) is 70.6 Å². The van der Waals surface area contributed by atoms with E-state index in [1.807, 2.05) is 38.1 Å². The lowest BCUT2D eigenvalue weighted by Gasteiger charge is -2.22. The first-order valence-corrected chi connectivity index (χ1v) is 11.3. The van der Waals surface area contributed by atoms with Gasteiger partial charge in [0.25, 0.3) is 11.8 Å². The van der Waals surface area contributed by atoms with Crippen LogP contribution in [-0.4, -0.2) is 49.7 Å². The van der Waals surface area contributed by atoms with Crippen molar-refractivity contribution in [3.63, 3.8) is 0 Å². The van der Waals surface area contributed by atoms with Gasteiger partial charge in [0.2, 0.25) is 5.75 Å². The van der Waals surface area contributed by atoms with Gasteiger partial charge in [-0.1, -0.05) is 41.9 Å². The van der Waals surface area contributed by atoms with Crippen LogP contribution in [0.5, 0.6) is 17.2 Å². The molecule has 0 saturated carbocycles. The number of rotatable bonds is 11. The average molecular weight is 482 g/mol. The molecule has 35 heavy (non-hydrogen) atoms. The maximum atomic E-state index is 13.3. The molecule has 0 aliphatic carbocycles. The van der Waals surface area contributed by atoms with E-state index in [0.717, 1.165) is 17.5 Å². The van der Waals surface area contributed by atoms with Crippen LogP contribution in [0.2, 0.25) is 0 Å². The molecule has 0 aliphatic heterocycles. The summed E-state index contributed by atoms with van der Waals surface area (Å²) in [6.07, 6.45) is 0.730. The zero-order chi connectivity index (χ0) is 25.4. The van der Waals surface area contributed by atoms with Gasteiger partial charge < -0.3 is 29.0 Å². The van der Waals surface area contributed by atoms with Gasteiger partial charge in [0.15, 0.2) is 23.0 Å². The van der Waals surface area contributed by atoms with Gasteiger partial charge in [-0.05, 0) is 31.0 Å². The summed E-state index contributed by atoms with van der Waals surface area (Å²) in [6.45, 7) is 4.99. The van der Waals surface area contributed by atoms with Crippen LogP contribution in [0.1, 0.15) is 51.1 Å². The molecule has 0 aliphatic rings. The van der Waals surface area contributed by atoms with Crippen molar-refractivity contribution in [2.24, 2.45) is 0 Å². The quantitative estimate of drug-likeness (QED) is 0.442. The number of aromatic nitrogens is 1. The molecule has 2 aromatic carbocycles. The van der Waals surface area contributed by atoms with Crippen molar-refractivity contribution in [3.8, 4) is 17.2 Å². The van der Waals surface area contributed by atoms with E-state index < -0.39 is 0 Å². The van der Waals surface area contributed by atoms with Crippen LogP contribution in [-0.2, 0) is 13.1 Å². The minimum atomic E-state index is -0.349. The highest BCUT2D eigenvalue weighted by atomic mass is 16.5. The summed E-state index contributed by atoms with van der Waals surface area (Å²) in [6, 6.07) is 12.7. The molecule has 3 rings (SSSR count).